The van der Waals surface area contributed by atoms with E-state index in [-0.39, 0.29) is 11.7 Å². The topological polar surface area (TPSA) is 80.5 Å². The number of nitrogen functional groups attached to an aromatic ring is 1. The van der Waals surface area contributed by atoms with Crippen LogP contribution >= 0.6 is 0 Å². The lowest BCUT2D eigenvalue weighted by Gasteiger charge is -2.28. The highest BCUT2D eigenvalue weighted by molar-refractivity contribution is 7.92. The number of sulfone groups is 1. The first-order chi connectivity index (χ1) is 9.94. The molecule has 0 aromatic heterocycles. The maximum Gasteiger partial charge on any atom is 0.241 e. The standard InChI is InChI=1S/C15H22N2O3S/c1-2-17(11-12-6-5-7-13(16)10-12)15(18)14-8-3-4-9-21(14,19)20/h5-7,10,14H,2-4,8-9,11,16H2,1H3. The highest BCUT2D eigenvalue weighted by atomic mass is 32.2. The van der Waals surface area contributed by atoms with Crippen LogP contribution in [0.25, 0.3) is 0 Å². The lowest BCUT2D eigenvalue weighted by molar-refractivity contribution is -0.131. The Morgan fingerprint density at radius 2 is 2.14 bits per heavy atom. The second kappa shape index (κ2) is 6.47. The van der Waals surface area contributed by atoms with Gasteiger partial charge < -0.3 is 10.6 Å². The van der Waals surface area contributed by atoms with Crippen molar-refractivity contribution in [2.24, 2.45) is 0 Å². The lowest BCUT2D eigenvalue weighted by Crippen LogP contribution is -2.45. The minimum Gasteiger partial charge on any atom is -0.399 e. The third-order valence-corrected chi connectivity index (χ3v) is 6.03. The number of rotatable bonds is 4. The molecule has 0 saturated carbocycles. The van der Waals surface area contributed by atoms with Gasteiger partial charge in [0.15, 0.2) is 9.84 Å². The van der Waals surface area contributed by atoms with Crippen LogP contribution in [0.1, 0.15) is 31.7 Å². The molecule has 116 valence electrons. The van der Waals surface area contributed by atoms with Crippen molar-refractivity contribution < 1.29 is 13.2 Å². The van der Waals surface area contributed by atoms with Crippen molar-refractivity contribution in [2.45, 2.75) is 38.0 Å². The van der Waals surface area contributed by atoms with Crippen molar-refractivity contribution in [3.05, 3.63) is 29.8 Å². The Kier molecular flexibility index (Phi) is 4.88. The van der Waals surface area contributed by atoms with Crippen LogP contribution in [-0.2, 0) is 21.2 Å². The third kappa shape index (κ3) is 3.75. The van der Waals surface area contributed by atoms with E-state index in [1.54, 1.807) is 11.0 Å². The van der Waals surface area contributed by atoms with E-state index in [1.165, 1.54) is 0 Å². The number of nitrogens with two attached hydrogens (primary N) is 1. The number of amides is 1. The summed E-state index contributed by atoms with van der Waals surface area (Å²) >= 11 is 0. The largest absolute Gasteiger partial charge is 0.399 e. The molecule has 0 radical (unpaired) electrons. The van der Waals surface area contributed by atoms with E-state index < -0.39 is 15.1 Å². The fraction of sp³-hybridized carbons (Fsp3) is 0.533. The fourth-order valence-electron chi connectivity index (χ4n) is 2.69. The van der Waals surface area contributed by atoms with Gasteiger partial charge in [-0.05, 0) is 37.5 Å². The second-order valence-corrected chi connectivity index (χ2v) is 7.75. The van der Waals surface area contributed by atoms with Gasteiger partial charge in [-0.1, -0.05) is 18.6 Å². The third-order valence-electron chi connectivity index (χ3n) is 3.87. The first-order valence-electron chi connectivity index (χ1n) is 7.29. The zero-order chi connectivity index (χ0) is 15.5. The van der Waals surface area contributed by atoms with Crippen LogP contribution in [0.3, 0.4) is 0 Å². The number of carbonyl (C=O) groups is 1. The van der Waals surface area contributed by atoms with Gasteiger partial charge in [0.25, 0.3) is 0 Å². The summed E-state index contributed by atoms with van der Waals surface area (Å²) in [6.45, 7) is 2.74. The van der Waals surface area contributed by atoms with E-state index in [2.05, 4.69) is 0 Å². The Balaban J connectivity index is 2.15. The van der Waals surface area contributed by atoms with E-state index in [9.17, 15) is 13.2 Å². The summed E-state index contributed by atoms with van der Waals surface area (Å²) in [6.07, 6.45) is 1.90. The van der Waals surface area contributed by atoms with Gasteiger partial charge >= 0.3 is 0 Å². The van der Waals surface area contributed by atoms with Crippen LogP contribution < -0.4 is 5.73 Å². The average molecular weight is 310 g/mol. The molecule has 1 aliphatic rings. The quantitative estimate of drug-likeness (QED) is 0.856. The first kappa shape index (κ1) is 15.8. The molecule has 6 heteroatoms. The van der Waals surface area contributed by atoms with Gasteiger partial charge in [0.1, 0.15) is 5.25 Å². The van der Waals surface area contributed by atoms with Crippen molar-refractivity contribution in [1.82, 2.24) is 4.90 Å². The van der Waals surface area contributed by atoms with Gasteiger partial charge in [-0.15, -0.1) is 0 Å². The molecule has 2 N–H and O–H groups in total. The summed E-state index contributed by atoms with van der Waals surface area (Å²) in [5.41, 5.74) is 7.29. The highest BCUT2D eigenvalue weighted by Crippen LogP contribution is 2.22. The van der Waals surface area contributed by atoms with Gasteiger partial charge in [0.05, 0.1) is 5.75 Å². The van der Waals surface area contributed by atoms with Crippen LogP contribution in [0.4, 0.5) is 5.69 Å². The number of benzene rings is 1. The van der Waals surface area contributed by atoms with Crippen LogP contribution in [-0.4, -0.2) is 36.8 Å². The van der Waals surface area contributed by atoms with E-state index in [0.29, 0.717) is 31.6 Å². The zero-order valence-corrected chi connectivity index (χ0v) is 13.1. The molecule has 1 heterocycles. The molecule has 1 aromatic rings. The van der Waals surface area contributed by atoms with Crippen molar-refractivity contribution in [3.63, 3.8) is 0 Å². The minimum absolute atomic E-state index is 0.124. The van der Waals surface area contributed by atoms with Crippen LogP contribution in [0, 0.1) is 0 Å². The molecule has 1 unspecified atom stereocenters. The lowest BCUT2D eigenvalue weighted by atomic mass is 10.1. The Morgan fingerprint density at radius 3 is 2.76 bits per heavy atom. The Bertz CT molecular complexity index is 613. The van der Waals surface area contributed by atoms with Crippen molar-refractivity contribution in [1.29, 1.82) is 0 Å². The monoisotopic (exact) mass is 310 g/mol. The summed E-state index contributed by atoms with van der Waals surface area (Å²) in [7, 11) is -3.29. The predicted molar refractivity (Wildman–Crippen MR) is 83.4 cm³/mol. The molecule has 21 heavy (non-hydrogen) atoms. The maximum absolute atomic E-state index is 12.5. The van der Waals surface area contributed by atoms with Gasteiger partial charge in [-0.3, -0.25) is 4.79 Å². The molecule has 0 bridgehead atoms. The van der Waals surface area contributed by atoms with E-state index in [4.69, 9.17) is 5.73 Å². The van der Waals surface area contributed by atoms with Crippen molar-refractivity contribution >= 4 is 21.4 Å². The number of hydrogen-bond acceptors (Lipinski definition) is 4. The van der Waals surface area contributed by atoms with Crippen molar-refractivity contribution in [3.8, 4) is 0 Å². The summed E-state index contributed by atoms with van der Waals surface area (Å²) in [5, 5.41) is -0.868. The van der Waals surface area contributed by atoms with Crippen LogP contribution in [0.2, 0.25) is 0 Å². The SMILES string of the molecule is CCN(Cc1cccc(N)c1)C(=O)C1CCCCS1(=O)=O. The number of carbonyl (C=O) groups excluding carboxylic acids is 1. The molecule has 1 fully saturated rings. The Hall–Kier alpha value is -1.56. The molecule has 0 aliphatic carbocycles. The molecular formula is C15H22N2O3S. The van der Waals surface area contributed by atoms with Gasteiger partial charge in [0.2, 0.25) is 5.91 Å². The number of nitrogens with zero attached hydrogens (tertiary/aromatic N) is 1. The minimum atomic E-state index is -3.29. The number of hydrogen-bond donors (Lipinski definition) is 1. The molecule has 1 saturated heterocycles. The molecular weight excluding hydrogens is 288 g/mol. The van der Waals surface area contributed by atoms with E-state index in [1.807, 2.05) is 25.1 Å². The predicted octanol–water partition coefficient (Wildman–Crippen LogP) is 1.58. The summed E-state index contributed by atoms with van der Waals surface area (Å²) in [5.74, 6) is -0.154. The molecule has 1 aliphatic heterocycles. The Labute approximate surface area is 126 Å². The highest BCUT2D eigenvalue weighted by Gasteiger charge is 2.36. The summed E-state index contributed by atoms with van der Waals surface area (Å²) < 4.78 is 24.2. The molecule has 1 aromatic carbocycles. The zero-order valence-electron chi connectivity index (χ0n) is 12.3. The molecule has 2 rings (SSSR count). The van der Waals surface area contributed by atoms with E-state index in [0.717, 1.165) is 12.0 Å². The maximum atomic E-state index is 12.5. The van der Waals surface area contributed by atoms with Gasteiger partial charge in [-0.2, -0.15) is 0 Å². The fourth-order valence-corrected chi connectivity index (χ4v) is 4.57. The van der Waals surface area contributed by atoms with Crippen LogP contribution in [0.15, 0.2) is 24.3 Å². The summed E-state index contributed by atoms with van der Waals surface area (Å²) in [6, 6.07) is 7.32. The average Bonchev–Trinajstić information content (AvgIpc) is 2.43. The van der Waals surface area contributed by atoms with Crippen LogP contribution in [0.5, 0.6) is 0 Å². The van der Waals surface area contributed by atoms with Crippen molar-refractivity contribution in [2.75, 3.05) is 18.0 Å². The van der Waals surface area contributed by atoms with E-state index >= 15 is 0 Å². The molecule has 5 nitrogen and oxygen atoms in total. The molecule has 0 spiro atoms. The van der Waals surface area contributed by atoms with Gasteiger partial charge in [-0.25, -0.2) is 8.42 Å². The normalized spacial score (nSPS) is 20.9. The first-order valence-corrected chi connectivity index (χ1v) is 9.00. The van der Waals surface area contributed by atoms with Gasteiger partial charge in [0, 0.05) is 18.8 Å². The molecule has 1 atom stereocenters. The smallest absolute Gasteiger partial charge is 0.241 e. The Morgan fingerprint density at radius 1 is 1.38 bits per heavy atom. The second-order valence-electron chi connectivity index (χ2n) is 5.45. The summed E-state index contributed by atoms with van der Waals surface area (Å²) in [4.78, 5) is 14.1. The number of anilines is 1. The molecule has 1 amide bonds.